The number of carbonyl (C=O) groups excluding carboxylic acids is 1. The van der Waals surface area contributed by atoms with Gasteiger partial charge in [-0.1, -0.05) is 12.1 Å². The van der Waals surface area contributed by atoms with Crippen LogP contribution < -0.4 is 14.4 Å². The second-order valence-electron chi connectivity index (χ2n) is 8.41. The molecule has 3 aromatic carbocycles. The number of hydrogen-bond donors (Lipinski definition) is 1. The second-order valence-corrected chi connectivity index (χ2v) is 10.1. The van der Waals surface area contributed by atoms with Crippen LogP contribution >= 0.6 is 0 Å². The van der Waals surface area contributed by atoms with Gasteiger partial charge in [-0.15, -0.1) is 0 Å². The lowest BCUT2D eigenvalue weighted by molar-refractivity contribution is 0.0746. The summed E-state index contributed by atoms with van der Waals surface area (Å²) in [6, 6.07) is 19.4. The molecule has 1 fully saturated rings. The Kier molecular flexibility index (Phi) is 6.79. The van der Waals surface area contributed by atoms with Gasteiger partial charge >= 0.3 is 0 Å². The lowest BCUT2D eigenvalue weighted by Gasteiger charge is -2.36. The number of sulfonamides is 1. The normalized spacial score (nSPS) is 14.1. The van der Waals surface area contributed by atoms with Crippen LogP contribution in [-0.4, -0.2) is 52.5 Å². The number of benzene rings is 3. The summed E-state index contributed by atoms with van der Waals surface area (Å²) in [7, 11) is -2.10. The van der Waals surface area contributed by atoms with Gasteiger partial charge in [0.2, 0.25) is 0 Å². The average molecular weight is 480 g/mol. The summed E-state index contributed by atoms with van der Waals surface area (Å²) in [5, 5.41) is 0. The maximum Gasteiger partial charge on any atom is 0.261 e. The van der Waals surface area contributed by atoms with Crippen LogP contribution in [0.4, 0.5) is 11.4 Å². The molecule has 0 bridgehead atoms. The zero-order chi connectivity index (χ0) is 24.3. The van der Waals surface area contributed by atoms with Crippen LogP contribution in [0.25, 0.3) is 0 Å². The summed E-state index contributed by atoms with van der Waals surface area (Å²) in [4.78, 5) is 17.1. The summed E-state index contributed by atoms with van der Waals surface area (Å²) in [6.07, 6.45) is 0. The molecular weight excluding hydrogens is 450 g/mol. The first-order valence-corrected chi connectivity index (χ1v) is 12.6. The number of hydrogen-bond acceptors (Lipinski definition) is 5. The van der Waals surface area contributed by atoms with Crippen LogP contribution in [0, 0.1) is 13.8 Å². The Hall–Kier alpha value is -3.52. The third-order valence-electron chi connectivity index (χ3n) is 6.16. The first-order valence-electron chi connectivity index (χ1n) is 11.2. The van der Waals surface area contributed by atoms with Crippen molar-refractivity contribution in [2.75, 3.05) is 42.9 Å². The fourth-order valence-electron chi connectivity index (χ4n) is 3.95. The highest BCUT2D eigenvalue weighted by molar-refractivity contribution is 7.92. The van der Waals surface area contributed by atoms with E-state index in [4.69, 9.17) is 4.74 Å². The van der Waals surface area contributed by atoms with Gasteiger partial charge in [0.05, 0.1) is 12.0 Å². The minimum absolute atomic E-state index is 0.101. The quantitative estimate of drug-likeness (QED) is 0.577. The molecular formula is C26H29N3O4S. The topological polar surface area (TPSA) is 79.0 Å². The van der Waals surface area contributed by atoms with Crippen molar-refractivity contribution < 1.29 is 17.9 Å². The smallest absolute Gasteiger partial charge is 0.261 e. The summed E-state index contributed by atoms with van der Waals surface area (Å²) in [5.41, 5.74) is 4.15. The number of nitrogens with one attached hydrogen (secondary N) is 1. The van der Waals surface area contributed by atoms with E-state index in [0.29, 0.717) is 37.4 Å². The van der Waals surface area contributed by atoms with Crippen LogP contribution in [0.15, 0.2) is 71.6 Å². The number of carbonyl (C=O) groups is 1. The number of ether oxygens (including phenoxy) is 1. The molecule has 0 spiro atoms. The molecule has 0 radical (unpaired) electrons. The average Bonchev–Trinajstić information content (AvgIpc) is 2.86. The molecule has 8 heteroatoms. The van der Waals surface area contributed by atoms with Crippen molar-refractivity contribution in [2.45, 2.75) is 18.7 Å². The van der Waals surface area contributed by atoms with Crippen LogP contribution in [0.2, 0.25) is 0 Å². The van der Waals surface area contributed by atoms with Crippen LogP contribution in [0.5, 0.6) is 5.75 Å². The Balaban J connectivity index is 1.39. The van der Waals surface area contributed by atoms with Crippen molar-refractivity contribution >= 4 is 27.3 Å². The molecule has 1 aliphatic rings. The Morgan fingerprint density at radius 3 is 2.24 bits per heavy atom. The lowest BCUT2D eigenvalue weighted by Crippen LogP contribution is -2.48. The summed E-state index contributed by atoms with van der Waals surface area (Å²) >= 11 is 0. The molecule has 3 aromatic rings. The zero-order valence-electron chi connectivity index (χ0n) is 19.6. The third-order valence-corrected chi connectivity index (χ3v) is 7.55. The van der Waals surface area contributed by atoms with E-state index in [-0.39, 0.29) is 10.8 Å². The highest BCUT2D eigenvalue weighted by Gasteiger charge is 2.23. The number of piperazine rings is 1. The maximum atomic E-state index is 13.0. The fourth-order valence-corrected chi connectivity index (χ4v) is 5.00. The summed E-state index contributed by atoms with van der Waals surface area (Å²) in [5.74, 6) is 0.703. The standard InChI is InChI=1S/C26H29N3O4S/c1-19-7-10-22(17-20(19)2)27-34(31,32)25-11-8-21(9-12-25)26(30)29-15-13-28(14-16-29)23-5-4-6-24(18-23)33-3/h4-12,17-18,27H,13-16H2,1-3H3. The molecule has 0 saturated carbocycles. The van der Waals surface area contributed by atoms with E-state index < -0.39 is 10.0 Å². The van der Waals surface area contributed by atoms with Gasteiger partial charge in [0.1, 0.15) is 5.75 Å². The maximum absolute atomic E-state index is 13.0. The molecule has 0 atom stereocenters. The van der Waals surface area contributed by atoms with Crippen molar-refractivity contribution in [1.82, 2.24) is 4.90 Å². The van der Waals surface area contributed by atoms with Crippen molar-refractivity contribution in [3.05, 3.63) is 83.4 Å². The molecule has 0 aliphatic carbocycles. The Labute approximate surface area is 201 Å². The molecule has 1 aliphatic heterocycles. The van der Waals surface area contributed by atoms with E-state index in [0.717, 1.165) is 22.6 Å². The van der Waals surface area contributed by atoms with Crippen LogP contribution in [0.3, 0.4) is 0 Å². The zero-order valence-corrected chi connectivity index (χ0v) is 20.4. The van der Waals surface area contributed by atoms with Gasteiger partial charge in [-0.3, -0.25) is 9.52 Å². The van der Waals surface area contributed by atoms with Crippen LogP contribution in [-0.2, 0) is 10.0 Å². The van der Waals surface area contributed by atoms with Crippen molar-refractivity contribution in [2.24, 2.45) is 0 Å². The van der Waals surface area contributed by atoms with Gasteiger partial charge in [0.15, 0.2) is 0 Å². The number of rotatable bonds is 6. The molecule has 1 saturated heterocycles. The van der Waals surface area contributed by atoms with E-state index >= 15 is 0 Å². The third kappa shape index (κ3) is 5.17. The minimum Gasteiger partial charge on any atom is -0.497 e. The molecule has 0 aromatic heterocycles. The van der Waals surface area contributed by atoms with E-state index in [9.17, 15) is 13.2 Å². The Morgan fingerprint density at radius 1 is 0.882 bits per heavy atom. The van der Waals surface area contributed by atoms with Gasteiger partial charge in [-0.05, 0) is 73.5 Å². The molecule has 34 heavy (non-hydrogen) atoms. The molecule has 1 amide bonds. The molecule has 7 nitrogen and oxygen atoms in total. The lowest BCUT2D eigenvalue weighted by atomic mass is 10.1. The largest absolute Gasteiger partial charge is 0.497 e. The van der Waals surface area contributed by atoms with Gasteiger partial charge < -0.3 is 14.5 Å². The predicted octanol–water partition coefficient (Wildman–Crippen LogP) is 4.08. The molecule has 1 N–H and O–H groups in total. The molecule has 1 heterocycles. The van der Waals surface area contributed by atoms with Crippen LogP contribution in [0.1, 0.15) is 21.5 Å². The molecule has 178 valence electrons. The predicted molar refractivity (Wildman–Crippen MR) is 134 cm³/mol. The minimum atomic E-state index is -3.75. The number of anilines is 2. The van der Waals surface area contributed by atoms with E-state index in [1.807, 2.05) is 44.2 Å². The monoisotopic (exact) mass is 479 g/mol. The number of methoxy groups -OCH3 is 1. The summed E-state index contributed by atoms with van der Waals surface area (Å²) in [6.45, 7) is 6.51. The van der Waals surface area contributed by atoms with E-state index in [1.54, 1.807) is 36.3 Å². The highest BCUT2D eigenvalue weighted by atomic mass is 32.2. The van der Waals surface area contributed by atoms with Crippen molar-refractivity contribution in [3.8, 4) is 5.75 Å². The fraction of sp³-hybridized carbons (Fsp3) is 0.269. The van der Waals surface area contributed by atoms with Crippen molar-refractivity contribution in [3.63, 3.8) is 0 Å². The Morgan fingerprint density at radius 2 is 1.59 bits per heavy atom. The van der Waals surface area contributed by atoms with E-state index in [1.165, 1.54) is 12.1 Å². The van der Waals surface area contributed by atoms with Gasteiger partial charge in [0.25, 0.3) is 15.9 Å². The first kappa shape index (κ1) is 23.6. The summed E-state index contributed by atoms with van der Waals surface area (Å²) < 4.78 is 33.5. The van der Waals surface area contributed by atoms with Gasteiger partial charge in [-0.2, -0.15) is 0 Å². The molecule has 4 rings (SSSR count). The number of amides is 1. The Bertz CT molecular complexity index is 1280. The number of aryl methyl sites for hydroxylation is 2. The second kappa shape index (κ2) is 9.77. The van der Waals surface area contributed by atoms with Crippen molar-refractivity contribution in [1.29, 1.82) is 0 Å². The SMILES string of the molecule is COc1cccc(N2CCN(C(=O)c3ccc(S(=O)(=O)Nc4ccc(C)c(C)c4)cc3)CC2)c1. The number of nitrogens with zero attached hydrogens (tertiary/aromatic N) is 2. The molecule has 0 unspecified atom stereocenters. The van der Waals surface area contributed by atoms with E-state index in [2.05, 4.69) is 9.62 Å². The van der Waals surface area contributed by atoms with Gasteiger partial charge in [-0.25, -0.2) is 8.42 Å². The highest BCUT2D eigenvalue weighted by Crippen LogP contribution is 2.23. The van der Waals surface area contributed by atoms with Gasteiger partial charge in [0, 0.05) is 49.2 Å². The first-order chi connectivity index (χ1) is 16.3.